The smallest absolute Gasteiger partial charge is 0.265 e. The summed E-state index contributed by atoms with van der Waals surface area (Å²) in [5.74, 6) is 1.72. The van der Waals surface area contributed by atoms with Crippen molar-refractivity contribution in [2.75, 3.05) is 18.5 Å². The first-order valence-corrected chi connectivity index (χ1v) is 8.04. The van der Waals surface area contributed by atoms with E-state index in [9.17, 15) is 4.79 Å². The van der Waals surface area contributed by atoms with Crippen LogP contribution in [0.2, 0.25) is 0 Å². The lowest BCUT2D eigenvalue weighted by molar-refractivity contribution is -0.122. The summed E-state index contributed by atoms with van der Waals surface area (Å²) >= 11 is 3.37. The number of halogens is 1. The molecule has 1 aliphatic rings. The average molecular weight is 378 g/mol. The number of nitrogens with one attached hydrogen (secondary N) is 1. The Kier molecular flexibility index (Phi) is 4.71. The number of amides is 1. The number of fused-ring (bicyclic) bond motifs is 1. The van der Waals surface area contributed by atoms with Gasteiger partial charge in [0.15, 0.2) is 17.6 Å². The second-order valence-electron chi connectivity index (χ2n) is 5.07. The van der Waals surface area contributed by atoms with E-state index in [0.717, 1.165) is 4.47 Å². The molecule has 1 amide bonds. The van der Waals surface area contributed by atoms with E-state index in [4.69, 9.17) is 14.2 Å². The Morgan fingerprint density at radius 1 is 1.17 bits per heavy atom. The van der Waals surface area contributed by atoms with Crippen molar-refractivity contribution in [1.82, 2.24) is 0 Å². The molecule has 0 spiro atoms. The van der Waals surface area contributed by atoms with Crippen LogP contribution in [-0.4, -0.2) is 25.2 Å². The highest BCUT2D eigenvalue weighted by molar-refractivity contribution is 9.10. The summed E-state index contributed by atoms with van der Waals surface area (Å²) in [4.78, 5) is 12.2. The summed E-state index contributed by atoms with van der Waals surface area (Å²) in [6.45, 7) is 2.75. The quantitative estimate of drug-likeness (QED) is 0.883. The van der Waals surface area contributed by atoms with Crippen LogP contribution in [0.4, 0.5) is 5.69 Å². The first-order valence-electron chi connectivity index (χ1n) is 7.24. The molecule has 6 heteroatoms. The van der Waals surface area contributed by atoms with Gasteiger partial charge in [-0.25, -0.2) is 0 Å². The van der Waals surface area contributed by atoms with Crippen LogP contribution in [0, 0.1) is 0 Å². The first-order chi connectivity index (χ1) is 11.1. The molecule has 120 valence electrons. The van der Waals surface area contributed by atoms with Crippen LogP contribution >= 0.6 is 15.9 Å². The van der Waals surface area contributed by atoms with Gasteiger partial charge in [0.2, 0.25) is 0 Å². The zero-order valence-corrected chi connectivity index (χ0v) is 14.1. The van der Waals surface area contributed by atoms with Crippen molar-refractivity contribution in [2.45, 2.75) is 13.0 Å². The predicted octanol–water partition coefficient (Wildman–Crippen LogP) is 3.63. The van der Waals surface area contributed by atoms with Gasteiger partial charge < -0.3 is 19.5 Å². The maximum absolute atomic E-state index is 12.2. The predicted molar refractivity (Wildman–Crippen MR) is 90.3 cm³/mol. The third kappa shape index (κ3) is 3.96. The maximum atomic E-state index is 12.2. The zero-order valence-electron chi connectivity index (χ0n) is 12.5. The van der Waals surface area contributed by atoms with Gasteiger partial charge in [0, 0.05) is 16.2 Å². The molecule has 0 saturated carbocycles. The number of ether oxygens (including phenoxy) is 3. The Hall–Kier alpha value is -2.21. The molecule has 1 aliphatic heterocycles. The highest BCUT2D eigenvalue weighted by atomic mass is 79.9. The molecule has 0 fully saturated rings. The van der Waals surface area contributed by atoms with Gasteiger partial charge in [-0.1, -0.05) is 22.0 Å². The Labute approximate surface area is 142 Å². The number of rotatable bonds is 4. The lowest BCUT2D eigenvalue weighted by atomic mass is 10.2. The zero-order chi connectivity index (χ0) is 16.2. The lowest BCUT2D eigenvalue weighted by Crippen LogP contribution is -2.30. The summed E-state index contributed by atoms with van der Waals surface area (Å²) in [5, 5.41) is 2.82. The molecule has 0 aromatic heterocycles. The molecule has 2 aromatic carbocycles. The molecule has 1 atom stereocenters. The third-order valence-electron chi connectivity index (χ3n) is 3.29. The Balaban J connectivity index is 1.64. The van der Waals surface area contributed by atoms with Crippen LogP contribution in [0.25, 0.3) is 0 Å². The normalized spacial score (nSPS) is 14.0. The fourth-order valence-electron chi connectivity index (χ4n) is 2.16. The largest absolute Gasteiger partial charge is 0.486 e. The molecule has 5 nitrogen and oxygen atoms in total. The van der Waals surface area contributed by atoms with Gasteiger partial charge in [0.05, 0.1) is 0 Å². The van der Waals surface area contributed by atoms with Crippen LogP contribution in [0.3, 0.4) is 0 Å². The molecule has 23 heavy (non-hydrogen) atoms. The number of hydrogen-bond donors (Lipinski definition) is 1. The highest BCUT2D eigenvalue weighted by Gasteiger charge is 2.17. The first kappa shape index (κ1) is 15.7. The van der Waals surface area contributed by atoms with Crippen LogP contribution in [0.1, 0.15) is 6.92 Å². The van der Waals surface area contributed by atoms with Gasteiger partial charge in [-0.05, 0) is 37.3 Å². The molecular formula is C17H16BrNO4. The van der Waals surface area contributed by atoms with E-state index in [1.807, 2.05) is 18.2 Å². The van der Waals surface area contributed by atoms with E-state index in [-0.39, 0.29) is 5.91 Å². The van der Waals surface area contributed by atoms with Crippen LogP contribution in [-0.2, 0) is 4.79 Å². The summed E-state index contributed by atoms with van der Waals surface area (Å²) in [6.07, 6.45) is -0.627. The van der Waals surface area contributed by atoms with Crippen LogP contribution in [0.15, 0.2) is 46.9 Å². The second kappa shape index (κ2) is 6.91. The van der Waals surface area contributed by atoms with E-state index < -0.39 is 6.10 Å². The van der Waals surface area contributed by atoms with Crippen LogP contribution < -0.4 is 19.5 Å². The van der Waals surface area contributed by atoms with Gasteiger partial charge in [-0.3, -0.25) is 4.79 Å². The van der Waals surface area contributed by atoms with Gasteiger partial charge in [0.25, 0.3) is 5.91 Å². The summed E-state index contributed by atoms with van der Waals surface area (Å²) < 4.78 is 17.5. The Morgan fingerprint density at radius 2 is 1.96 bits per heavy atom. The van der Waals surface area contributed by atoms with Crippen molar-refractivity contribution in [1.29, 1.82) is 0 Å². The van der Waals surface area contributed by atoms with E-state index in [0.29, 0.717) is 36.1 Å². The molecular weight excluding hydrogens is 362 g/mol. The highest BCUT2D eigenvalue weighted by Crippen LogP contribution is 2.32. The summed E-state index contributed by atoms with van der Waals surface area (Å²) in [7, 11) is 0. The number of hydrogen-bond acceptors (Lipinski definition) is 4. The topological polar surface area (TPSA) is 56.8 Å². The minimum Gasteiger partial charge on any atom is -0.486 e. The molecule has 0 aliphatic carbocycles. The molecule has 1 N–H and O–H groups in total. The van der Waals surface area contributed by atoms with Crippen molar-refractivity contribution in [2.24, 2.45) is 0 Å². The molecule has 2 aromatic rings. The van der Waals surface area contributed by atoms with Crippen molar-refractivity contribution in [3.63, 3.8) is 0 Å². The van der Waals surface area contributed by atoms with Gasteiger partial charge in [-0.15, -0.1) is 0 Å². The van der Waals surface area contributed by atoms with Gasteiger partial charge in [-0.2, -0.15) is 0 Å². The molecule has 1 heterocycles. The number of anilines is 1. The number of carbonyl (C=O) groups is 1. The average Bonchev–Trinajstić information content (AvgIpc) is 2.54. The Bertz CT molecular complexity index is 719. The number of benzene rings is 2. The van der Waals surface area contributed by atoms with Crippen molar-refractivity contribution < 1.29 is 19.0 Å². The summed E-state index contributed by atoms with van der Waals surface area (Å²) in [5.41, 5.74) is 0.643. The number of carbonyl (C=O) groups excluding carboxylic acids is 1. The standard InChI is InChI=1S/C17H16BrNO4/c1-11(23-14-4-2-3-12(18)9-14)17(20)19-13-5-6-15-16(10-13)22-8-7-21-15/h2-6,9-11H,7-8H2,1H3,(H,19,20). The Morgan fingerprint density at radius 3 is 2.74 bits per heavy atom. The fraction of sp³-hybridized carbons (Fsp3) is 0.235. The van der Waals surface area contributed by atoms with E-state index in [1.54, 1.807) is 31.2 Å². The van der Waals surface area contributed by atoms with Crippen molar-refractivity contribution in [3.8, 4) is 17.2 Å². The van der Waals surface area contributed by atoms with Crippen molar-refractivity contribution >= 4 is 27.5 Å². The minimum atomic E-state index is -0.627. The second-order valence-corrected chi connectivity index (χ2v) is 5.98. The van der Waals surface area contributed by atoms with E-state index in [1.165, 1.54) is 0 Å². The fourth-order valence-corrected chi connectivity index (χ4v) is 2.54. The third-order valence-corrected chi connectivity index (χ3v) is 3.78. The van der Waals surface area contributed by atoms with Crippen molar-refractivity contribution in [3.05, 3.63) is 46.9 Å². The van der Waals surface area contributed by atoms with E-state index in [2.05, 4.69) is 21.2 Å². The molecule has 0 saturated heterocycles. The molecule has 1 unspecified atom stereocenters. The SMILES string of the molecule is CC(Oc1cccc(Br)c1)C(=O)Nc1ccc2c(c1)OCCO2. The summed E-state index contributed by atoms with van der Waals surface area (Å²) in [6, 6.07) is 12.7. The van der Waals surface area contributed by atoms with Gasteiger partial charge in [0.1, 0.15) is 19.0 Å². The molecule has 0 bridgehead atoms. The van der Waals surface area contributed by atoms with E-state index >= 15 is 0 Å². The lowest BCUT2D eigenvalue weighted by Gasteiger charge is -2.19. The van der Waals surface area contributed by atoms with Gasteiger partial charge >= 0.3 is 0 Å². The maximum Gasteiger partial charge on any atom is 0.265 e. The minimum absolute atomic E-state index is 0.235. The molecule has 3 rings (SSSR count). The molecule has 0 radical (unpaired) electrons. The van der Waals surface area contributed by atoms with Crippen LogP contribution in [0.5, 0.6) is 17.2 Å². The monoisotopic (exact) mass is 377 g/mol.